The van der Waals surface area contributed by atoms with Crippen LogP contribution in [-0.2, 0) is 6.54 Å². The minimum atomic E-state index is -0.0946. The second-order valence-electron chi connectivity index (χ2n) is 7.75. The third-order valence-corrected chi connectivity index (χ3v) is 5.99. The van der Waals surface area contributed by atoms with E-state index >= 15 is 0 Å². The normalized spacial score (nSPS) is 11.1. The molecule has 33 heavy (non-hydrogen) atoms. The summed E-state index contributed by atoms with van der Waals surface area (Å²) >= 11 is 6.06. The highest BCUT2D eigenvalue weighted by atomic mass is 35.5. The van der Waals surface area contributed by atoms with E-state index in [1.807, 2.05) is 67.6 Å². The van der Waals surface area contributed by atoms with Crippen LogP contribution in [0.15, 0.2) is 79.3 Å². The summed E-state index contributed by atoms with van der Waals surface area (Å²) in [6.45, 7) is 2.59. The van der Waals surface area contributed by atoms with E-state index in [1.54, 1.807) is 30.4 Å². The molecule has 0 spiro atoms. The zero-order valence-electron chi connectivity index (χ0n) is 18.2. The monoisotopic (exact) mass is 456 g/mol. The molecule has 0 radical (unpaired) electrons. The van der Waals surface area contributed by atoms with Gasteiger partial charge in [-0.2, -0.15) is 5.10 Å². The molecule has 0 amide bonds. The van der Waals surface area contributed by atoms with Crippen molar-refractivity contribution in [2.24, 2.45) is 0 Å². The minimum Gasteiger partial charge on any atom is -0.497 e. The zero-order valence-corrected chi connectivity index (χ0v) is 19.0. The molecule has 0 bridgehead atoms. The number of rotatable bonds is 6. The summed E-state index contributed by atoms with van der Waals surface area (Å²) in [5.74, 6) is 1.26. The van der Waals surface area contributed by atoms with Gasteiger partial charge in [-0.3, -0.25) is 4.79 Å². The maximum atomic E-state index is 13.7. The van der Waals surface area contributed by atoms with Crippen LogP contribution in [0.1, 0.15) is 27.2 Å². The Balaban J connectivity index is 1.61. The second-order valence-corrected chi connectivity index (χ2v) is 8.18. The molecule has 0 fully saturated rings. The molecule has 3 heterocycles. The number of aromatic nitrogens is 4. The summed E-state index contributed by atoms with van der Waals surface area (Å²) in [4.78, 5) is 18.0. The summed E-state index contributed by atoms with van der Waals surface area (Å²) in [5.41, 5.74) is 4.07. The van der Waals surface area contributed by atoms with Crippen molar-refractivity contribution in [1.82, 2.24) is 19.3 Å². The fourth-order valence-corrected chi connectivity index (χ4v) is 4.18. The smallest absolute Gasteiger partial charge is 0.198 e. The summed E-state index contributed by atoms with van der Waals surface area (Å²) in [6, 6.07) is 19.1. The predicted molar refractivity (Wildman–Crippen MR) is 129 cm³/mol. The Labute approximate surface area is 196 Å². The Bertz CT molecular complexity index is 1450. The lowest BCUT2D eigenvalue weighted by molar-refractivity contribution is 0.103. The summed E-state index contributed by atoms with van der Waals surface area (Å²) in [6.07, 6.45) is 4.99. The van der Waals surface area contributed by atoms with Crippen molar-refractivity contribution in [1.29, 1.82) is 0 Å². The van der Waals surface area contributed by atoms with Gasteiger partial charge in [0.05, 0.1) is 24.4 Å². The van der Waals surface area contributed by atoms with E-state index in [1.165, 1.54) is 0 Å². The molecule has 0 aliphatic rings. The Hall–Kier alpha value is -3.90. The van der Waals surface area contributed by atoms with Gasteiger partial charge >= 0.3 is 0 Å². The van der Waals surface area contributed by atoms with Crippen LogP contribution in [0.25, 0.3) is 16.7 Å². The molecule has 0 N–H and O–H groups in total. The summed E-state index contributed by atoms with van der Waals surface area (Å²) in [5, 5.41) is 5.89. The molecule has 3 aromatic heterocycles. The number of methoxy groups -OCH3 is 1. The van der Waals surface area contributed by atoms with Crippen molar-refractivity contribution in [3.05, 3.63) is 107 Å². The van der Waals surface area contributed by atoms with Gasteiger partial charge in [0.2, 0.25) is 0 Å². The molecule has 164 valence electrons. The number of fused-ring (bicyclic) bond motifs is 1. The Morgan fingerprint density at radius 2 is 1.91 bits per heavy atom. The molecular weight excluding hydrogens is 436 g/mol. The van der Waals surface area contributed by atoms with Gasteiger partial charge in [0.25, 0.3) is 0 Å². The molecule has 0 aliphatic carbocycles. The van der Waals surface area contributed by atoms with Crippen molar-refractivity contribution in [3.8, 4) is 11.6 Å². The van der Waals surface area contributed by atoms with E-state index in [9.17, 15) is 4.79 Å². The van der Waals surface area contributed by atoms with Gasteiger partial charge in [-0.05, 0) is 55.0 Å². The number of hydrogen-bond donors (Lipinski definition) is 0. The van der Waals surface area contributed by atoms with Crippen LogP contribution >= 0.6 is 11.6 Å². The highest BCUT2D eigenvalue weighted by molar-refractivity contribution is 6.30. The number of ether oxygens (including phenoxy) is 1. The Kier molecular flexibility index (Phi) is 5.44. The van der Waals surface area contributed by atoms with Gasteiger partial charge in [0.15, 0.2) is 11.6 Å². The van der Waals surface area contributed by atoms with Crippen molar-refractivity contribution in [3.63, 3.8) is 0 Å². The first kappa shape index (κ1) is 21.0. The van der Waals surface area contributed by atoms with E-state index in [0.29, 0.717) is 34.3 Å². The fraction of sp³-hybridized carbons (Fsp3) is 0.115. The van der Waals surface area contributed by atoms with Crippen LogP contribution in [0.3, 0.4) is 0 Å². The topological polar surface area (TPSA) is 61.9 Å². The second kappa shape index (κ2) is 8.56. The van der Waals surface area contributed by atoms with Crippen LogP contribution in [0, 0.1) is 6.92 Å². The van der Waals surface area contributed by atoms with Crippen molar-refractivity contribution in [2.75, 3.05) is 7.11 Å². The van der Waals surface area contributed by atoms with E-state index < -0.39 is 0 Å². The average molecular weight is 457 g/mol. The first-order chi connectivity index (χ1) is 16.0. The van der Waals surface area contributed by atoms with Crippen LogP contribution in [0.2, 0.25) is 5.02 Å². The van der Waals surface area contributed by atoms with E-state index in [0.717, 1.165) is 22.2 Å². The molecule has 0 saturated heterocycles. The van der Waals surface area contributed by atoms with Crippen LogP contribution in [0.4, 0.5) is 0 Å². The largest absolute Gasteiger partial charge is 0.497 e. The molecule has 0 saturated carbocycles. The lowest BCUT2D eigenvalue weighted by atomic mass is 10.0. The first-order valence-corrected chi connectivity index (χ1v) is 10.8. The van der Waals surface area contributed by atoms with Crippen LogP contribution in [-0.4, -0.2) is 32.2 Å². The zero-order chi connectivity index (χ0) is 22.9. The maximum absolute atomic E-state index is 13.7. The number of nitrogens with zero attached hydrogens (tertiary/aromatic N) is 4. The van der Waals surface area contributed by atoms with Crippen molar-refractivity contribution in [2.45, 2.75) is 13.5 Å². The van der Waals surface area contributed by atoms with Crippen LogP contribution in [0.5, 0.6) is 5.75 Å². The van der Waals surface area contributed by atoms with Gasteiger partial charge in [-0.15, -0.1) is 0 Å². The Morgan fingerprint density at radius 1 is 1.09 bits per heavy atom. The van der Waals surface area contributed by atoms with E-state index in [2.05, 4.69) is 14.6 Å². The fourth-order valence-electron chi connectivity index (χ4n) is 4.05. The SMILES string of the molecule is COc1ccc2c(c1)c(C(=O)c1cnn(-c3ccccn3)c1)c(C)n2Cc1ccc(Cl)cc1. The molecule has 0 unspecified atom stereocenters. The molecular formula is C26H21ClN4O2. The van der Waals surface area contributed by atoms with Gasteiger partial charge in [-0.25, -0.2) is 9.67 Å². The number of pyridine rings is 1. The highest BCUT2D eigenvalue weighted by Crippen LogP contribution is 2.32. The first-order valence-electron chi connectivity index (χ1n) is 10.5. The highest BCUT2D eigenvalue weighted by Gasteiger charge is 2.23. The summed E-state index contributed by atoms with van der Waals surface area (Å²) in [7, 11) is 1.62. The predicted octanol–water partition coefficient (Wildman–Crippen LogP) is 5.47. The molecule has 6 nitrogen and oxygen atoms in total. The standard InChI is InChI=1S/C26H21ClN4O2/c1-17-25(26(32)19-14-29-31(16-19)24-5-3-4-12-28-24)22-13-21(33-2)10-11-23(22)30(17)15-18-6-8-20(27)9-7-18/h3-14,16H,15H2,1-2H3. The number of carbonyl (C=O) groups excluding carboxylic acids is 1. The number of ketones is 1. The molecule has 0 aliphatic heterocycles. The van der Waals surface area contributed by atoms with Gasteiger partial charge < -0.3 is 9.30 Å². The third-order valence-electron chi connectivity index (χ3n) is 5.74. The van der Waals surface area contributed by atoms with Crippen LogP contribution < -0.4 is 4.74 Å². The quantitative estimate of drug-likeness (QED) is 0.318. The van der Waals surface area contributed by atoms with Gasteiger partial charge in [0, 0.05) is 40.6 Å². The molecule has 0 atom stereocenters. The number of halogens is 1. The van der Waals surface area contributed by atoms with E-state index in [4.69, 9.17) is 16.3 Å². The van der Waals surface area contributed by atoms with E-state index in [-0.39, 0.29) is 5.78 Å². The molecule has 2 aromatic carbocycles. The van der Waals surface area contributed by atoms with Crippen molar-refractivity contribution >= 4 is 28.3 Å². The van der Waals surface area contributed by atoms with Crippen molar-refractivity contribution < 1.29 is 9.53 Å². The lowest BCUT2D eigenvalue weighted by Crippen LogP contribution is -2.06. The summed E-state index contributed by atoms with van der Waals surface area (Å²) < 4.78 is 9.20. The number of carbonyl (C=O) groups is 1. The Morgan fingerprint density at radius 3 is 2.64 bits per heavy atom. The number of hydrogen-bond acceptors (Lipinski definition) is 4. The number of benzene rings is 2. The molecule has 7 heteroatoms. The third kappa shape index (κ3) is 3.90. The molecule has 5 aromatic rings. The van der Waals surface area contributed by atoms with Gasteiger partial charge in [0.1, 0.15) is 5.75 Å². The van der Waals surface area contributed by atoms with Gasteiger partial charge in [-0.1, -0.05) is 29.8 Å². The lowest BCUT2D eigenvalue weighted by Gasteiger charge is -2.09. The average Bonchev–Trinajstić information content (AvgIpc) is 3.44. The minimum absolute atomic E-state index is 0.0946. The maximum Gasteiger partial charge on any atom is 0.198 e. The molecule has 5 rings (SSSR count).